The maximum Gasteiger partial charge on any atom is 0.149 e. The smallest absolute Gasteiger partial charge is 0.149 e. The van der Waals surface area contributed by atoms with Gasteiger partial charge >= 0.3 is 0 Å². The van der Waals surface area contributed by atoms with Crippen LogP contribution in [0.25, 0.3) is 0 Å². The lowest BCUT2D eigenvalue weighted by molar-refractivity contribution is -0.130. The summed E-state index contributed by atoms with van der Waals surface area (Å²) < 4.78 is 0. The number of hydrogen-bond donors (Lipinski definition) is 4. The first-order valence-corrected chi connectivity index (χ1v) is 29.3. The molecule has 12 fully saturated rings. The molecule has 4 aromatic carbocycles. The number of nitrogens with zero attached hydrogens (tertiary/aromatic N) is 4. The Labute approximate surface area is 454 Å². The van der Waals surface area contributed by atoms with Gasteiger partial charge in [0.1, 0.15) is 5.78 Å². The van der Waals surface area contributed by atoms with E-state index < -0.39 is 0 Å². The molecule has 12 aliphatic rings. The summed E-state index contributed by atoms with van der Waals surface area (Å²) in [7, 11) is 0. The highest BCUT2D eigenvalue weighted by Crippen LogP contribution is 2.32. The molecule has 12 saturated heterocycles. The first-order valence-electron chi connectivity index (χ1n) is 29.3. The summed E-state index contributed by atoms with van der Waals surface area (Å²) in [5.74, 6) is 3.61. The van der Waals surface area contributed by atoms with E-state index >= 15 is 0 Å². The Bertz CT molecular complexity index is 1740. The maximum atomic E-state index is 11.0. The number of benzene rings is 4. The highest BCUT2D eigenvalue weighted by Gasteiger charge is 2.36. The summed E-state index contributed by atoms with van der Waals surface area (Å²) in [5, 5.41) is 11.0. The minimum absolute atomic E-state index is 0. The molecule has 3 atom stereocenters. The largest absolute Gasteiger partial charge is 0.399 e. The minimum Gasteiger partial charge on any atom is -0.399 e. The van der Waals surface area contributed by atoms with Gasteiger partial charge < -0.3 is 36.4 Å². The van der Waals surface area contributed by atoms with Crippen LogP contribution in [-0.2, 0) is 4.79 Å². The van der Waals surface area contributed by atoms with E-state index in [2.05, 4.69) is 182 Å². The number of hydrogen-bond acceptors (Lipinski definition) is 9. The number of ketones is 1. The van der Waals surface area contributed by atoms with Crippen LogP contribution in [0.3, 0.4) is 0 Å². The van der Waals surface area contributed by atoms with Gasteiger partial charge in [-0.1, -0.05) is 161 Å². The van der Waals surface area contributed by atoms with Gasteiger partial charge in [0.05, 0.1) is 6.54 Å². The van der Waals surface area contributed by atoms with Crippen LogP contribution in [0.5, 0.6) is 0 Å². The Hall–Kier alpha value is -4.41. The van der Waals surface area contributed by atoms with Crippen molar-refractivity contribution in [1.82, 2.24) is 19.6 Å². The molecule has 12 aliphatic heterocycles. The van der Waals surface area contributed by atoms with E-state index in [9.17, 15) is 4.79 Å². The Morgan fingerprint density at radius 1 is 0.392 bits per heavy atom. The number of para-hydroxylation sites is 4. The lowest BCUT2D eigenvalue weighted by Crippen LogP contribution is -2.53. The van der Waals surface area contributed by atoms with Crippen LogP contribution < -0.4 is 21.7 Å². The fourth-order valence-corrected chi connectivity index (χ4v) is 10.8. The monoisotopic (exact) mass is 1020 g/mol. The van der Waals surface area contributed by atoms with Crippen LogP contribution in [0.15, 0.2) is 121 Å². The number of fused-ring (bicyclic) bond motifs is 12. The fraction of sp³-hybridized carbons (Fsp3) is 0.615. The molecule has 12 heterocycles. The van der Waals surface area contributed by atoms with Gasteiger partial charge in [-0.15, -0.1) is 0 Å². The quantitative estimate of drug-likeness (QED) is 0.141. The van der Waals surface area contributed by atoms with E-state index in [1.807, 2.05) is 30.3 Å². The lowest BCUT2D eigenvalue weighted by atomic mass is 9.84. The number of nitrogen functional groups attached to an aromatic ring is 1. The Kier molecular flexibility index (Phi) is 33.0. The summed E-state index contributed by atoms with van der Waals surface area (Å²) >= 11 is 0. The number of nitrogens with one attached hydrogen (secondary N) is 3. The second kappa shape index (κ2) is 38.2. The first-order chi connectivity index (χ1) is 35.7. The van der Waals surface area contributed by atoms with Crippen molar-refractivity contribution in [3.8, 4) is 0 Å². The SMILES string of the molecule is C.CCC.CCC.CCC.CCC.Nc1ccccc1.O=C1CN2CCC1CC2.c1ccc(N[C@H]2CN3CCC2CC3)cc1.c1ccc(N[C@H]2CN3CCC2CC3)cc1.c1ccc(N[C@H]2CN3CCC2CC3)cc1. The molecule has 0 saturated carbocycles. The van der Waals surface area contributed by atoms with Crippen LogP contribution in [-0.4, -0.2) is 122 Å². The molecule has 0 spiro atoms. The molecule has 8 bridgehead atoms. The van der Waals surface area contributed by atoms with Crippen LogP contribution in [0, 0.1) is 23.7 Å². The van der Waals surface area contributed by atoms with Crippen molar-refractivity contribution < 1.29 is 4.79 Å². The first kappa shape index (κ1) is 63.9. The molecule has 0 radical (unpaired) electrons. The summed E-state index contributed by atoms with van der Waals surface area (Å²) in [6.45, 7) is 31.7. The van der Waals surface area contributed by atoms with E-state index in [-0.39, 0.29) is 7.43 Å². The lowest BCUT2D eigenvalue weighted by Gasteiger charge is -2.45. The summed E-state index contributed by atoms with van der Waals surface area (Å²) in [6, 6.07) is 43.3. The predicted molar refractivity (Wildman–Crippen MR) is 325 cm³/mol. The average Bonchev–Trinajstić information content (AvgIpc) is 3.43. The molecular formula is C65H108N8O. The van der Waals surface area contributed by atoms with Gasteiger partial charge in [-0.05, 0) is 170 Å². The molecule has 16 rings (SSSR count). The molecule has 0 aromatic heterocycles. The number of carbonyl (C=O) groups excluding carboxylic acids is 1. The third kappa shape index (κ3) is 24.1. The normalized spacial score (nSPS) is 27.5. The highest BCUT2D eigenvalue weighted by atomic mass is 16.1. The third-order valence-corrected chi connectivity index (χ3v) is 14.6. The number of carbonyl (C=O) groups is 1. The average molecular weight is 1020 g/mol. The fourth-order valence-electron chi connectivity index (χ4n) is 10.8. The summed E-state index contributed by atoms with van der Waals surface area (Å²) in [4.78, 5) is 21.0. The van der Waals surface area contributed by atoms with Crippen LogP contribution >= 0.6 is 0 Å². The Balaban J connectivity index is 0.000000235. The van der Waals surface area contributed by atoms with Crippen LogP contribution in [0.4, 0.5) is 22.7 Å². The Morgan fingerprint density at radius 3 is 0.797 bits per heavy atom. The van der Waals surface area contributed by atoms with Crippen molar-refractivity contribution in [2.24, 2.45) is 23.7 Å². The van der Waals surface area contributed by atoms with Gasteiger partial charge in [-0.2, -0.15) is 0 Å². The zero-order valence-electron chi connectivity index (χ0n) is 47.3. The zero-order valence-corrected chi connectivity index (χ0v) is 47.3. The summed E-state index contributed by atoms with van der Waals surface area (Å²) in [5.41, 5.74) is 10.0. The van der Waals surface area contributed by atoms with Gasteiger partial charge in [0.15, 0.2) is 0 Å². The molecule has 5 N–H and O–H groups in total. The van der Waals surface area contributed by atoms with Gasteiger partial charge in [0.2, 0.25) is 0 Å². The van der Waals surface area contributed by atoms with Crippen molar-refractivity contribution in [3.63, 3.8) is 0 Å². The van der Waals surface area contributed by atoms with Gasteiger partial charge in [-0.3, -0.25) is 9.69 Å². The van der Waals surface area contributed by atoms with E-state index in [1.165, 1.54) is 140 Å². The number of piperidine rings is 12. The Morgan fingerprint density at radius 2 is 0.635 bits per heavy atom. The highest BCUT2D eigenvalue weighted by molar-refractivity contribution is 5.84. The molecule has 414 valence electrons. The second-order valence-corrected chi connectivity index (χ2v) is 21.5. The zero-order chi connectivity index (χ0) is 52.5. The van der Waals surface area contributed by atoms with E-state index in [4.69, 9.17) is 5.73 Å². The van der Waals surface area contributed by atoms with Crippen molar-refractivity contribution >= 4 is 28.5 Å². The molecule has 0 unspecified atom stereocenters. The van der Waals surface area contributed by atoms with Gasteiger partial charge in [0.25, 0.3) is 0 Å². The van der Waals surface area contributed by atoms with E-state index in [1.54, 1.807) is 0 Å². The molecule has 9 nitrogen and oxygen atoms in total. The molecule has 4 aromatic rings. The van der Waals surface area contributed by atoms with Crippen LogP contribution in [0.2, 0.25) is 0 Å². The van der Waals surface area contributed by atoms with Crippen molar-refractivity contribution in [1.29, 1.82) is 0 Å². The molecular weight excluding hydrogens is 909 g/mol. The number of Topliss-reactive ketones (excluding diaryl/α,β-unsaturated/α-hetero) is 1. The maximum absolute atomic E-state index is 11.0. The predicted octanol–water partition coefficient (Wildman–Crippen LogP) is 14.4. The van der Waals surface area contributed by atoms with E-state index in [0.717, 1.165) is 55.9 Å². The second-order valence-electron chi connectivity index (χ2n) is 21.5. The minimum atomic E-state index is 0. The van der Waals surface area contributed by atoms with Crippen molar-refractivity contribution in [2.45, 2.75) is 158 Å². The van der Waals surface area contributed by atoms with Crippen molar-refractivity contribution in [2.75, 3.05) is 100 Å². The van der Waals surface area contributed by atoms with E-state index in [0.29, 0.717) is 29.8 Å². The van der Waals surface area contributed by atoms with Crippen LogP contribution in [0.1, 0.15) is 140 Å². The van der Waals surface area contributed by atoms with Gasteiger partial charge in [0, 0.05) is 66.4 Å². The number of anilines is 4. The topological polar surface area (TPSA) is 92.1 Å². The summed E-state index contributed by atoms with van der Waals surface area (Å²) in [6.07, 6.45) is 15.5. The third-order valence-electron chi connectivity index (χ3n) is 14.6. The van der Waals surface area contributed by atoms with Gasteiger partial charge in [-0.25, -0.2) is 0 Å². The number of nitrogens with two attached hydrogens (primary N) is 1. The standard InChI is InChI=1S/3C13H18N2.C7H11NO.C6H7N.4C3H8.CH4/c3*1-2-4-12(5-3-1)14-13-10-15-8-6-11(13)7-9-15;9-7-5-8-3-1-6(7)2-4-8;7-6-4-2-1-3-5-6;4*1-3-2;/h3*1-5,11,13-14H,6-10H2;6H,1-5H2;1-5H,7H2;4*3H2,1-2H3;1H4/t3*13-;;;;;;;/m000......./s1. The molecule has 74 heavy (non-hydrogen) atoms. The molecule has 0 amide bonds. The molecule has 9 heteroatoms. The van der Waals surface area contributed by atoms with Crippen molar-refractivity contribution in [3.05, 3.63) is 121 Å². The molecule has 0 aliphatic carbocycles. The number of rotatable bonds is 6.